The Morgan fingerprint density at radius 2 is 1.83 bits per heavy atom. The zero-order valence-electron chi connectivity index (χ0n) is 8.45. The van der Waals surface area contributed by atoms with Crippen LogP contribution in [-0.2, 0) is 4.74 Å². The largest absolute Gasteiger partial charge is 0.368 e. The fraction of sp³-hybridized carbons (Fsp3) is 1.00. The lowest BCUT2D eigenvalue weighted by Crippen LogP contribution is -2.41. The third kappa shape index (κ3) is 1.99. The van der Waals surface area contributed by atoms with Crippen LogP contribution in [0.4, 0.5) is 0 Å². The van der Waals surface area contributed by atoms with E-state index in [9.17, 15) is 5.11 Å². The minimum atomic E-state index is -0.548. The normalized spacial score (nSPS) is 43.5. The molecule has 0 aromatic heterocycles. The molecule has 2 nitrogen and oxygen atoms in total. The van der Waals surface area contributed by atoms with Crippen LogP contribution in [0.5, 0.6) is 0 Å². The number of hydrogen-bond donors (Lipinski definition) is 1. The number of hydrogen-bond acceptors (Lipinski definition) is 2. The number of rotatable bonds is 1. The molecule has 0 amide bonds. The van der Waals surface area contributed by atoms with Crippen molar-refractivity contribution in [1.82, 2.24) is 0 Å². The Balaban J connectivity index is 2.55. The van der Waals surface area contributed by atoms with Crippen LogP contribution in [0.15, 0.2) is 0 Å². The van der Waals surface area contributed by atoms with Crippen molar-refractivity contribution in [2.75, 3.05) is 0 Å². The Labute approximate surface area is 74.9 Å². The van der Waals surface area contributed by atoms with Gasteiger partial charge in [-0.05, 0) is 18.3 Å². The van der Waals surface area contributed by atoms with Crippen LogP contribution in [0.25, 0.3) is 0 Å². The average Bonchev–Trinajstić information content (AvgIpc) is 1.96. The molecule has 1 aliphatic heterocycles. The molecule has 1 aliphatic rings. The van der Waals surface area contributed by atoms with Gasteiger partial charge in [-0.15, -0.1) is 0 Å². The molecule has 2 heteroatoms. The lowest BCUT2D eigenvalue weighted by Gasteiger charge is -2.38. The van der Waals surface area contributed by atoms with Gasteiger partial charge in [-0.2, -0.15) is 0 Å². The van der Waals surface area contributed by atoms with E-state index in [1.54, 1.807) is 0 Å². The molecule has 1 rings (SSSR count). The molecule has 0 unspecified atom stereocenters. The van der Waals surface area contributed by atoms with Gasteiger partial charge in [0, 0.05) is 5.92 Å². The summed E-state index contributed by atoms with van der Waals surface area (Å²) < 4.78 is 5.53. The lowest BCUT2D eigenvalue weighted by molar-refractivity contribution is -0.217. The highest BCUT2D eigenvalue weighted by molar-refractivity contribution is 4.78. The van der Waals surface area contributed by atoms with Gasteiger partial charge in [0.2, 0.25) is 0 Å². The topological polar surface area (TPSA) is 29.5 Å². The predicted octanol–water partition coefficient (Wildman–Crippen LogP) is 2.02. The molecule has 1 fully saturated rings. The van der Waals surface area contributed by atoms with Crippen LogP contribution in [-0.4, -0.2) is 17.5 Å². The van der Waals surface area contributed by atoms with Crippen molar-refractivity contribution < 1.29 is 9.84 Å². The van der Waals surface area contributed by atoms with Crippen LogP contribution in [0.1, 0.15) is 34.1 Å². The molecule has 0 aromatic carbocycles. The van der Waals surface area contributed by atoms with Gasteiger partial charge in [-0.1, -0.05) is 27.7 Å². The summed E-state index contributed by atoms with van der Waals surface area (Å²) in [6.07, 6.45) is 0.758. The number of aliphatic hydroxyl groups is 1. The molecule has 0 saturated carbocycles. The first-order valence-corrected chi connectivity index (χ1v) is 4.86. The van der Waals surface area contributed by atoms with Gasteiger partial charge in [-0.3, -0.25) is 0 Å². The van der Waals surface area contributed by atoms with Gasteiger partial charge in [0.05, 0.1) is 6.10 Å². The van der Waals surface area contributed by atoms with E-state index in [1.165, 1.54) is 0 Å². The van der Waals surface area contributed by atoms with Crippen molar-refractivity contribution in [3.05, 3.63) is 0 Å². The summed E-state index contributed by atoms with van der Waals surface area (Å²) >= 11 is 0. The Morgan fingerprint density at radius 1 is 1.25 bits per heavy atom. The van der Waals surface area contributed by atoms with Gasteiger partial charge in [-0.25, -0.2) is 0 Å². The van der Waals surface area contributed by atoms with E-state index < -0.39 is 6.29 Å². The SMILES string of the molecule is CC(C)[C@H]1O[C@H](O)[C@H](C)C[C@H]1C. The zero-order chi connectivity index (χ0) is 9.30. The standard InChI is InChI=1S/C10H20O2/c1-6(2)9-7(3)5-8(4)10(11)12-9/h6-11H,5H2,1-4H3/t7-,8-,9-,10+/m1/s1. The quantitative estimate of drug-likeness (QED) is 0.655. The maximum Gasteiger partial charge on any atom is 0.157 e. The van der Waals surface area contributed by atoms with Crippen LogP contribution >= 0.6 is 0 Å². The molecule has 0 spiro atoms. The van der Waals surface area contributed by atoms with Crippen molar-refractivity contribution in [1.29, 1.82) is 0 Å². The first-order valence-electron chi connectivity index (χ1n) is 4.86. The fourth-order valence-electron chi connectivity index (χ4n) is 2.08. The molecule has 4 atom stereocenters. The summed E-state index contributed by atoms with van der Waals surface area (Å²) in [7, 11) is 0. The maximum atomic E-state index is 9.49. The van der Waals surface area contributed by atoms with Crippen molar-refractivity contribution in [3.63, 3.8) is 0 Å². The molecular weight excluding hydrogens is 152 g/mol. The van der Waals surface area contributed by atoms with Crippen LogP contribution in [0, 0.1) is 17.8 Å². The summed E-state index contributed by atoms with van der Waals surface area (Å²) in [5.74, 6) is 1.36. The minimum absolute atomic E-state index is 0.233. The van der Waals surface area contributed by atoms with Crippen LogP contribution in [0.2, 0.25) is 0 Å². The van der Waals surface area contributed by atoms with Crippen molar-refractivity contribution in [2.45, 2.75) is 46.5 Å². The van der Waals surface area contributed by atoms with E-state index in [1.807, 2.05) is 6.92 Å². The Kier molecular flexibility index (Phi) is 3.13. The van der Waals surface area contributed by atoms with E-state index in [-0.39, 0.29) is 12.0 Å². The first-order chi connectivity index (χ1) is 5.52. The van der Waals surface area contributed by atoms with Crippen molar-refractivity contribution >= 4 is 0 Å². The van der Waals surface area contributed by atoms with Gasteiger partial charge >= 0.3 is 0 Å². The zero-order valence-corrected chi connectivity index (χ0v) is 8.45. The third-order valence-electron chi connectivity index (χ3n) is 2.74. The van der Waals surface area contributed by atoms with Crippen LogP contribution in [0.3, 0.4) is 0 Å². The van der Waals surface area contributed by atoms with Gasteiger partial charge in [0.15, 0.2) is 6.29 Å². The highest BCUT2D eigenvalue weighted by Gasteiger charge is 2.33. The molecule has 72 valence electrons. The van der Waals surface area contributed by atoms with Crippen molar-refractivity contribution in [3.8, 4) is 0 Å². The van der Waals surface area contributed by atoms with E-state index in [4.69, 9.17) is 4.74 Å². The van der Waals surface area contributed by atoms with Crippen LogP contribution < -0.4 is 0 Å². The first kappa shape index (κ1) is 10.0. The van der Waals surface area contributed by atoms with Crippen molar-refractivity contribution in [2.24, 2.45) is 17.8 Å². The second-order valence-electron chi connectivity index (χ2n) is 4.43. The molecule has 0 bridgehead atoms. The summed E-state index contributed by atoms with van der Waals surface area (Å²) in [6, 6.07) is 0. The summed E-state index contributed by atoms with van der Waals surface area (Å²) in [4.78, 5) is 0. The predicted molar refractivity (Wildman–Crippen MR) is 48.7 cm³/mol. The number of aliphatic hydroxyl groups excluding tert-OH is 1. The second kappa shape index (κ2) is 3.75. The van der Waals surface area contributed by atoms with Gasteiger partial charge < -0.3 is 9.84 Å². The van der Waals surface area contributed by atoms with E-state index >= 15 is 0 Å². The Morgan fingerprint density at radius 3 is 2.33 bits per heavy atom. The molecule has 1 heterocycles. The molecule has 0 radical (unpaired) electrons. The molecule has 0 aliphatic carbocycles. The summed E-state index contributed by atoms with van der Waals surface area (Å²) in [5, 5.41) is 9.49. The maximum absolute atomic E-state index is 9.49. The second-order valence-corrected chi connectivity index (χ2v) is 4.43. The average molecular weight is 172 g/mol. The molecule has 12 heavy (non-hydrogen) atoms. The molecule has 0 aromatic rings. The fourth-order valence-corrected chi connectivity index (χ4v) is 2.08. The van der Waals surface area contributed by atoms with Gasteiger partial charge in [0.1, 0.15) is 0 Å². The summed E-state index contributed by atoms with van der Waals surface area (Å²) in [6.45, 7) is 8.53. The van der Waals surface area contributed by atoms with E-state index in [0.717, 1.165) is 6.42 Å². The summed E-state index contributed by atoms with van der Waals surface area (Å²) in [5.41, 5.74) is 0. The third-order valence-corrected chi connectivity index (χ3v) is 2.74. The minimum Gasteiger partial charge on any atom is -0.368 e. The smallest absolute Gasteiger partial charge is 0.157 e. The van der Waals surface area contributed by atoms with E-state index in [2.05, 4.69) is 20.8 Å². The highest BCUT2D eigenvalue weighted by Crippen LogP contribution is 2.31. The highest BCUT2D eigenvalue weighted by atomic mass is 16.6. The lowest BCUT2D eigenvalue weighted by atomic mass is 9.84. The molecule has 1 N–H and O–H groups in total. The Bertz CT molecular complexity index is 145. The van der Waals surface area contributed by atoms with E-state index in [0.29, 0.717) is 11.8 Å². The molecule has 1 saturated heterocycles. The Hall–Kier alpha value is -0.0800. The molecular formula is C10H20O2. The number of ether oxygens (including phenoxy) is 1. The monoisotopic (exact) mass is 172 g/mol. The van der Waals surface area contributed by atoms with Gasteiger partial charge in [0.25, 0.3) is 0 Å².